The van der Waals surface area contributed by atoms with Crippen molar-refractivity contribution >= 4 is 10.0 Å². The zero-order chi connectivity index (χ0) is 18.9. The van der Waals surface area contributed by atoms with Crippen molar-refractivity contribution in [2.45, 2.75) is 52.2 Å². The predicted octanol–water partition coefficient (Wildman–Crippen LogP) is 2.66. The second-order valence-electron chi connectivity index (χ2n) is 7.02. The average molecular weight is 379 g/mol. The Morgan fingerprint density at radius 2 is 2.12 bits per heavy atom. The zero-order valence-electron chi connectivity index (χ0n) is 15.6. The summed E-state index contributed by atoms with van der Waals surface area (Å²) in [7, 11) is -3.26. The van der Waals surface area contributed by atoms with Gasteiger partial charge >= 0.3 is 0 Å². The molecule has 1 aliphatic heterocycles. The third kappa shape index (κ3) is 4.24. The van der Waals surface area contributed by atoms with Crippen LogP contribution >= 0.6 is 0 Å². The van der Waals surface area contributed by atoms with Crippen molar-refractivity contribution in [1.29, 1.82) is 0 Å². The van der Waals surface area contributed by atoms with Crippen molar-refractivity contribution in [2.24, 2.45) is 0 Å². The highest BCUT2D eigenvalue weighted by atomic mass is 32.2. The fraction of sp³-hybridized carbons (Fsp3) is 0.556. The van der Waals surface area contributed by atoms with E-state index in [1.54, 1.807) is 0 Å². The van der Waals surface area contributed by atoms with Gasteiger partial charge in [-0.25, -0.2) is 8.42 Å². The highest BCUT2D eigenvalue weighted by Crippen LogP contribution is 2.34. The Balaban J connectivity index is 1.66. The third-order valence-electron chi connectivity index (χ3n) is 4.48. The van der Waals surface area contributed by atoms with Crippen LogP contribution in [0.1, 0.15) is 49.2 Å². The molecule has 0 bridgehead atoms. The van der Waals surface area contributed by atoms with Gasteiger partial charge in [-0.2, -0.15) is 9.29 Å². The van der Waals surface area contributed by atoms with E-state index in [0.717, 1.165) is 18.6 Å². The largest absolute Gasteiger partial charge is 0.480 e. The van der Waals surface area contributed by atoms with Gasteiger partial charge in [0.15, 0.2) is 11.9 Å². The molecule has 0 aliphatic carbocycles. The molecule has 0 fully saturated rings. The average Bonchev–Trinajstić information content (AvgIpc) is 3.02. The summed E-state index contributed by atoms with van der Waals surface area (Å²) in [6.07, 6.45) is 3.03. The van der Waals surface area contributed by atoms with Crippen molar-refractivity contribution < 1.29 is 17.7 Å². The van der Waals surface area contributed by atoms with E-state index in [1.165, 1.54) is 21.7 Å². The molecule has 1 atom stereocenters. The quantitative estimate of drug-likeness (QED) is 0.767. The van der Waals surface area contributed by atoms with Gasteiger partial charge in [-0.3, -0.25) is 0 Å². The van der Waals surface area contributed by atoms with Crippen LogP contribution in [-0.2, 0) is 22.9 Å². The fourth-order valence-corrected chi connectivity index (χ4v) is 4.40. The van der Waals surface area contributed by atoms with Gasteiger partial charge in [-0.05, 0) is 45.2 Å². The van der Waals surface area contributed by atoms with Crippen molar-refractivity contribution in [2.75, 3.05) is 12.8 Å². The smallest absolute Gasteiger partial charge is 0.267 e. The SMILES string of the molecule is Cc1ccc2c(c1)CCC(c1nc(CCN(C(C)C)S(C)(=O)=O)no1)O2. The minimum absolute atomic E-state index is 0.113. The molecule has 3 rings (SSSR count). The van der Waals surface area contributed by atoms with Crippen LogP contribution in [0.3, 0.4) is 0 Å². The molecular formula is C18H25N3O4S. The molecule has 1 aliphatic rings. The molecule has 2 heterocycles. The van der Waals surface area contributed by atoms with Crippen LogP contribution in [0.15, 0.2) is 22.7 Å². The number of nitrogens with zero attached hydrogens (tertiary/aromatic N) is 3. The van der Waals surface area contributed by atoms with Crippen LogP contribution in [0.2, 0.25) is 0 Å². The lowest BCUT2D eigenvalue weighted by atomic mass is 10.0. The molecule has 0 N–H and O–H groups in total. The van der Waals surface area contributed by atoms with Gasteiger partial charge in [0.1, 0.15) is 5.75 Å². The Morgan fingerprint density at radius 3 is 2.81 bits per heavy atom. The lowest BCUT2D eigenvalue weighted by Crippen LogP contribution is -2.37. The van der Waals surface area contributed by atoms with E-state index in [-0.39, 0.29) is 12.1 Å². The van der Waals surface area contributed by atoms with Crippen LogP contribution in [0.25, 0.3) is 0 Å². The van der Waals surface area contributed by atoms with E-state index in [0.29, 0.717) is 24.7 Å². The van der Waals surface area contributed by atoms with Crippen LogP contribution in [-0.4, -0.2) is 41.7 Å². The molecule has 1 aromatic heterocycles. The lowest BCUT2D eigenvalue weighted by Gasteiger charge is -2.23. The standard InChI is InChI=1S/C18H25N3O4S/c1-12(2)21(26(4,22)23)10-9-17-19-18(25-20-17)16-8-6-14-11-13(3)5-7-15(14)24-16/h5,7,11-12,16H,6,8-10H2,1-4H3. The first kappa shape index (κ1) is 18.8. The Bertz CT molecular complexity index is 876. The number of hydrogen-bond acceptors (Lipinski definition) is 6. The molecular weight excluding hydrogens is 354 g/mol. The Kier molecular flexibility index (Phi) is 5.34. The van der Waals surface area contributed by atoms with E-state index in [1.807, 2.05) is 26.0 Å². The zero-order valence-corrected chi connectivity index (χ0v) is 16.4. The number of aromatic nitrogens is 2. The Morgan fingerprint density at radius 1 is 1.35 bits per heavy atom. The third-order valence-corrected chi connectivity index (χ3v) is 5.93. The van der Waals surface area contributed by atoms with Crippen molar-refractivity contribution in [3.63, 3.8) is 0 Å². The molecule has 7 nitrogen and oxygen atoms in total. The second-order valence-corrected chi connectivity index (χ2v) is 8.96. The highest BCUT2D eigenvalue weighted by Gasteiger charge is 2.27. The first-order valence-electron chi connectivity index (χ1n) is 8.79. The minimum atomic E-state index is -3.26. The maximum absolute atomic E-state index is 11.8. The van der Waals surface area contributed by atoms with E-state index in [9.17, 15) is 8.42 Å². The monoisotopic (exact) mass is 379 g/mol. The van der Waals surface area contributed by atoms with E-state index < -0.39 is 10.0 Å². The first-order chi connectivity index (χ1) is 12.2. The molecule has 0 saturated heterocycles. The lowest BCUT2D eigenvalue weighted by molar-refractivity contribution is 0.135. The molecule has 0 spiro atoms. The van der Waals surface area contributed by atoms with Crippen molar-refractivity contribution in [3.8, 4) is 5.75 Å². The summed E-state index contributed by atoms with van der Waals surface area (Å²) in [5.74, 6) is 1.80. The second kappa shape index (κ2) is 7.36. The summed E-state index contributed by atoms with van der Waals surface area (Å²) >= 11 is 0. The normalized spacial score (nSPS) is 17.4. The number of hydrogen-bond donors (Lipinski definition) is 0. The van der Waals surface area contributed by atoms with Crippen LogP contribution in [0, 0.1) is 6.92 Å². The number of aryl methyl sites for hydroxylation is 2. The summed E-state index contributed by atoms with van der Waals surface area (Å²) in [6, 6.07) is 6.02. The van der Waals surface area contributed by atoms with Crippen molar-refractivity contribution in [1.82, 2.24) is 14.4 Å². The van der Waals surface area contributed by atoms with Gasteiger partial charge in [0.2, 0.25) is 10.0 Å². The maximum atomic E-state index is 11.8. The van der Waals surface area contributed by atoms with Gasteiger partial charge in [0, 0.05) is 19.0 Å². The number of sulfonamides is 1. The molecule has 0 radical (unpaired) electrons. The molecule has 8 heteroatoms. The number of ether oxygens (including phenoxy) is 1. The Labute approximate surface area is 154 Å². The molecule has 26 heavy (non-hydrogen) atoms. The number of fused-ring (bicyclic) bond motifs is 1. The van der Waals surface area contributed by atoms with Crippen LogP contribution < -0.4 is 4.74 Å². The molecule has 0 amide bonds. The summed E-state index contributed by atoms with van der Waals surface area (Å²) in [5, 5.41) is 3.99. The Hall–Kier alpha value is -1.93. The minimum Gasteiger partial charge on any atom is -0.480 e. The summed E-state index contributed by atoms with van der Waals surface area (Å²) in [6.45, 7) is 6.08. The number of rotatable bonds is 6. The van der Waals surface area contributed by atoms with Gasteiger partial charge in [-0.15, -0.1) is 0 Å². The fourth-order valence-electron chi connectivity index (χ4n) is 3.21. The molecule has 1 aromatic carbocycles. The molecule has 1 unspecified atom stereocenters. The molecule has 2 aromatic rings. The van der Waals surface area contributed by atoms with Gasteiger partial charge in [0.05, 0.1) is 6.26 Å². The van der Waals surface area contributed by atoms with Gasteiger partial charge in [0.25, 0.3) is 5.89 Å². The number of benzene rings is 1. The van der Waals surface area contributed by atoms with E-state index >= 15 is 0 Å². The molecule has 0 saturated carbocycles. The van der Waals surface area contributed by atoms with Crippen LogP contribution in [0.5, 0.6) is 5.75 Å². The van der Waals surface area contributed by atoms with Crippen molar-refractivity contribution in [3.05, 3.63) is 41.0 Å². The highest BCUT2D eigenvalue weighted by molar-refractivity contribution is 7.88. The van der Waals surface area contributed by atoms with E-state index in [2.05, 4.69) is 23.1 Å². The predicted molar refractivity (Wildman–Crippen MR) is 97.6 cm³/mol. The van der Waals surface area contributed by atoms with Gasteiger partial charge < -0.3 is 9.26 Å². The topological polar surface area (TPSA) is 85.5 Å². The molecule has 142 valence electrons. The summed E-state index contributed by atoms with van der Waals surface area (Å²) in [4.78, 5) is 4.41. The first-order valence-corrected chi connectivity index (χ1v) is 10.6. The van der Waals surface area contributed by atoms with Gasteiger partial charge in [-0.1, -0.05) is 22.9 Å². The summed E-state index contributed by atoms with van der Waals surface area (Å²) in [5.41, 5.74) is 2.41. The summed E-state index contributed by atoms with van der Waals surface area (Å²) < 4.78 is 36.5. The van der Waals surface area contributed by atoms with E-state index in [4.69, 9.17) is 9.26 Å². The van der Waals surface area contributed by atoms with Crippen LogP contribution in [0.4, 0.5) is 0 Å². The maximum Gasteiger partial charge on any atom is 0.267 e.